The molecule has 36 heavy (non-hydrogen) atoms. The van der Waals surface area contributed by atoms with E-state index < -0.39 is 16.8 Å². The highest BCUT2D eigenvalue weighted by Gasteiger charge is 2.32. The second-order valence-electron chi connectivity index (χ2n) is 7.80. The van der Waals surface area contributed by atoms with Crippen molar-refractivity contribution in [3.8, 4) is 17.2 Å². The summed E-state index contributed by atoms with van der Waals surface area (Å²) in [6.07, 6.45) is 1.59. The summed E-state index contributed by atoms with van der Waals surface area (Å²) in [5, 5.41) is 30.2. The number of ether oxygens (including phenoxy) is 3. The van der Waals surface area contributed by atoms with Gasteiger partial charge in [0.05, 0.1) is 16.4 Å². The number of thioether (sulfide) groups is 1. The quantitative estimate of drug-likeness (QED) is 0.210. The molecule has 1 fully saturated rings. The Labute approximate surface area is 214 Å². The first-order valence-corrected chi connectivity index (χ1v) is 11.9. The van der Waals surface area contributed by atoms with Crippen LogP contribution in [-0.2, 0) is 27.5 Å². The van der Waals surface area contributed by atoms with Crippen LogP contribution in [0.15, 0.2) is 35.2 Å². The molecule has 0 radical (unpaired) electrons. The molecule has 2 aliphatic heterocycles. The van der Waals surface area contributed by atoms with Crippen molar-refractivity contribution in [1.29, 1.82) is 0 Å². The molecular weight excluding hydrogens is 512 g/mol. The molecule has 2 N–H and O–H groups in total. The summed E-state index contributed by atoms with van der Waals surface area (Å²) in [4.78, 5) is 36.0. The lowest BCUT2D eigenvalue weighted by atomic mass is 10.1. The molecule has 0 aromatic heterocycles. The lowest BCUT2D eigenvalue weighted by Crippen LogP contribution is -2.29. The number of phenols is 1. The Morgan fingerprint density at radius 1 is 1.33 bits per heavy atom. The van der Waals surface area contributed by atoms with E-state index in [2.05, 4.69) is 0 Å². The molecule has 0 atom stereocenters. The van der Waals surface area contributed by atoms with Crippen molar-refractivity contribution in [2.45, 2.75) is 26.1 Å². The molecule has 1 amide bonds. The Bertz CT molecular complexity index is 1280. The average Bonchev–Trinajstić information content (AvgIpc) is 3.10. The van der Waals surface area contributed by atoms with Crippen LogP contribution in [0.4, 0.5) is 5.69 Å². The average molecular weight is 533 g/mol. The highest BCUT2D eigenvalue weighted by molar-refractivity contribution is 8.26. The second kappa shape index (κ2) is 10.9. The van der Waals surface area contributed by atoms with Crippen molar-refractivity contribution in [2.24, 2.45) is 0 Å². The van der Waals surface area contributed by atoms with Crippen LogP contribution in [0.2, 0.25) is 0 Å². The fourth-order valence-electron chi connectivity index (χ4n) is 3.66. The maximum Gasteiger partial charge on any atom is 0.303 e. The highest BCUT2D eigenvalue weighted by Crippen LogP contribution is 2.37. The maximum absolute atomic E-state index is 12.9. The Kier molecular flexibility index (Phi) is 7.72. The zero-order chi connectivity index (χ0) is 25.8. The number of nitro groups is 1. The van der Waals surface area contributed by atoms with Gasteiger partial charge in [-0.15, -0.1) is 0 Å². The van der Waals surface area contributed by atoms with E-state index in [1.165, 1.54) is 41.3 Å². The largest absolute Gasteiger partial charge is 0.508 e. The van der Waals surface area contributed by atoms with Gasteiger partial charge in [-0.1, -0.05) is 24.0 Å². The fourth-order valence-corrected chi connectivity index (χ4v) is 4.96. The minimum atomic E-state index is -0.972. The molecule has 2 aromatic rings. The van der Waals surface area contributed by atoms with Gasteiger partial charge in [-0.3, -0.25) is 24.6 Å². The molecule has 11 nitrogen and oxygen atoms in total. The normalized spacial score (nSPS) is 16.1. The van der Waals surface area contributed by atoms with E-state index in [1.54, 1.807) is 0 Å². The van der Waals surface area contributed by atoms with Gasteiger partial charge in [-0.25, -0.2) is 0 Å². The van der Waals surface area contributed by atoms with E-state index in [9.17, 15) is 24.8 Å². The summed E-state index contributed by atoms with van der Waals surface area (Å²) in [5.41, 5.74) is 1.31. The van der Waals surface area contributed by atoms with Gasteiger partial charge in [0, 0.05) is 41.8 Å². The number of non-ortho nitro benzene ring substituents is 1. The first-order chi connectivity index (χ1) is 17.2. The van der Waals surface area contributed by atoms with Gasteiger partial charge in [-0.05, 0) is 30.7 Å². The Morgan fingerprint density at radius 3 is 2.89 bits per heavy atom. The summed E-state index contributed by atoms with van der Waals surface area (Å²) >= 11 is 6.29. The minimum absolute atomic E-state index is 0.0111. The number of benzene rings is 2. The van der Waals surface area contributed by atoms with Crippen LogP contribution in [0.1, 0.15) is 29.5 Å². The third kappa shape index (κ3) is 5.75. The van der Waals surface area contributed by atoms with Crippen molar-refractivity contribution >= 4 is 51.9 Å². The molecule has 0 bridgehead atoms. The standard InChI is InChI=1S/C23H20N2O9S2/c26-17-7-14-10-32-12-34-21(14)15(8-17)11-33-18-4-3-16(25(30)31)6-13(18)9-19-22(29)24(23(35)36-19)5-1-2-20(27)28/h3-4,6-9,26H,1-2,5,10-12H2,(H,27,28). The van der Waals surface area contributed by atoms with Crippen LogP contribution in [0.5, 0.6) is 17.2 Å². The van der Waals surface area contributed by atoms with Gasteiger partial charge >= 0.3 is 5.97 Å². The number of rotatable bonds is 9. The van der Waals surface area contributed by atoms with Crippen LogP contribution >= 0.6 is 24.0 Å². The Hall–Kier alpha value is -3.68. The van der Waals surface area contributed by atoms with Crippen molar-refractivity contribution in [2.75, 3.05) is 13.3 Å². The van der Waals surface area contributed by atoms with Gasteiger partial charge in [-0.2, -0.15) is 0 Å². The van der Waals surface area contributed by atoms with Gasteiger partial charge in [0.15, 0.2) is 6.79 Å². The monoisotopic (exact) mass is 532 g/mol. The Balaban J connectivity index is 1.59. The highest BCUT2D eigenvalue weighted by atomic mass is 32.2. The molecular formula is C23H20N2O9S2. The molecule has 4 rings (SSSR count). The van der Waals surface area contributed by atoms with Crippen LogP contribution < -0.4 is 9.47 Å². The van der Waals surface area contributed by atoms with Crippen molar-refractivity contribution in [3.63, 3.8) is 0 Å². The predicted octanol–water partition coefficient (Wildman–Crippen LogP) is 3.81. The summed E-state index contributed by atoms with van der Waals surface area (Å²) < 4.78 is 17.0. The number of aromatic hydroxyl groups is 1. The van der Waals surface area contributed by atoms with Crippen LogP contribution in [-0.4, -0.2) is 49.6 Å². The summed E-state index contributed by atoms with van der Waals surface area (Å²) in [6.45, 7) is 0.458. The zero-order valence-corrected chi connectivity index (χ0v) is 20.3. The van der Waals surface area contributed by atoms with E-state index in [1.807, 2.05) is 0 Å². The molecule has 0 aliphatic carbocycles. The molecule has 2 heterocycles. The third-order valence-corrected chi connectivity index (χ3v) is 6.67. The van der Waals surface area contributed by atoms with Gasteiger partial charge in [0.25, 0.3) is 11.6 Å². The zero-order valence-electron chi connectivity index (χ0n) is 18.7. The van der Waals surface area contributed by atoms with Crippen LogP contribution in [0, 0.1) is 10.1 Å². The third-order valence-electron chi connectivity index (χ3n) is 5.29. The summed E-state index contributed by atoms with van der Waals surface area (Å²) in [6, 6.07) is 7.03. The summed E-state index contributed by atoms with van der Waals surface area (Å²) in [5.74, 6) is -0.578. The van der Waals surface area contributed by atoms with Crippen LogP contribution in [0.25, 0.3) is 6.08 Å². The number of nitro benzene ring substituents is 1. The molecule has 0 spiro atoms. The van der Waals surface area contributed by atoms with Gasteiger partial charge in [0.1, 0.15) is 28.2 Å². The van der Waals surface area contributed by atoms with E-state index in [-0.39, 0.29) is 71.4 Å². The van der Waals surface area contributed by atoms with Gasteiger partial charge < -0.3 is 24.4 Å². The number of carboxylic acids is 1. The molecule has 2 aliphatic rings. The maximum atomic E-state index is 12.9. The first-order valence-electron chi connectivity index (χ1n) is 10.7. The van der Waals surface area contributed by atoms with Crippen molar-refractivity contribution in [3.05, 3.63) is 62.0 Å². The molecule has 1 saturated heterocycles. The smallest absolute Gasteiger partial charge is 0.303 e. The lowest BCUT2D eigenvalue weighted by molar-refractivity contribution is -0.384. The second-order valence-corrected chi connectivity index (χ2v) is 9.48. The number of carbonyl (C=O) groups is 2. The predicted molar refractivity (Wildman–Crippen MR) is 133 cm³/mol. The van der Waals surface area contributed by atoms with Gasteiger partial charge in [0.2, 0.25) is 0 Å². The summed E-state index contributed by atoms with van der Waals surface area (Å²) in [7, 11) is 0. The fraction of sp³-hybridized carbons (Fsp3) is 0.261. The number of hydrogen-bond acceptors (Lipinski definition) is 10. The number of carbonyl (C=O) groups excluding carboxylic acids is 1. The number of phenolic OH excluding ortho intramolecular Hbond substituents is 1. The van der Waals surface area contributed by atoms with E-state index >= 15 is 0 Å². The van der Waals surface area contributed by atoms with E-state index in [4.69, 9.17) is 31.5 Å². The lowest BCUT2D eigenvalue weighted by Gasteiger charge is -2.21. The Morgan fingerprint density at radius 2 is 2.14 bits per heavy atom. The topological polar surface area (TPSA) is 149 Å². The first kappa shape index (κ1) is 25.4. The SMILES string of the molecule is O=C(O)CCCN1C(=O)C(=Cc2cc([N+](=O)[O-])ccc2OCc2cc(O)cc3c2OCOC3)SC1=S. The van der Waals surface area contributed by atoms with E-state index in [0.29, 0.717) is 16.9 Å². The number of aliphatic carboxylic acids is 1. The molecule has 13 heteroatoms. The number of thiocarbonyl (C=S) groups is 1. The minimum Gasteiger partial charge on any atom is -0.508 e. The molecule has 0 saturated carbocycles. The number of hydrogen-bond donors (Lipinski definition) is 2. The molecule has 2 aromatic carbocycles. The van der Waals surface area contributed by atoms with Crippen molar-refractivity contribution < 1.29 is 38.9 Å². The molecule has 0 unspecified atom stereocenters. The number of amides is 1. The van der Waals surface area contributed by atoms with E-state index in [0.717, 1.165) is 11.8 Å². The molecule has 188 valence electrons. The number of nitrogens with zero attached hydrogens (tertiary/aromatic N) is 2. The number of fused-ring (bicyclic) bond motifs is 1. The number of carboxylic acid groups (broad SMARTS) is 1. The van der Waals surface area contributed by atoms with Crippen LogP contribution in [0.3, 0.4) is 0 Å². The van der Waals surface area contributed by atoms with Crippen molar-refractivity contribution in [1.82, 2.24) is 4.90 Å².